The number of hydrogen-bond acceptors (Lipinski definition) is 2. The smallest absolute Gasteiger partial charge is 0.324 e. The Labute approximate surface area is 162 Å². The Bertz CT molecular complexity index is 821. The molecule has 0 saturated carbocycles. The van der Waals surface area contributed by atoms with Crippen molar-refractivity contribution in [2.75, 3.05) is 31.6 Å². The number of nitrogens with one attached hydrogen (secondary N) is 1. The fourth-order valence-electron chi connectivity index (χ4n) is 5.19. The van der Waals surface area contributed by atoms with Gasteiger partial charge in [0.05, 0.1) is 5.52 Å². The highest BCUT2D eigenvalue weighted by atomic mass is 16.2. The highest BCUT2D eigenvalue weighted by Gasteiger charge is 2.37. The van der Waals surface area contributed by atoms with E-state index in [4.69, 9.17) is 0 Å². The van der Waals surface area contributed by atoms with Gasteiger partial charge in [-0.1, -0.05) is 19.1 Å². The zero-order valence-corrected chi connectivity index (χ0v) is 16.9. The van der Waals surface area contributed by atoms with Crippen LogP contribution in [-0.4, -0.2) is 52.7 Å². The van der Waals surface area contributed by atoms with Gasteiger partial charge < -0.3 is 4.90 Å². The predicted octanol–water partition coefficient (Wildman–Crippen LogP) is 4.16. The van der Waals surface area contributed by atoms with Gasteiger partial charge in [0.2, 0.25) is 0 Å². The molecule has 2 aromatic rings. The Morgan fingerprint density at radius 1 is 1.26 bits per heavy atom. The molecule has 1 aromatic heterocycles. The van der Waals surface area contributed by atoms with Crippen LogP contribution < -0.4 is 5.43 Å². The van der Waals surface area contributed by atoms with E-state index in [1.54, 1.807) is 0 Å². The minimum Gasteiger partial charge on any atom is -0.324 e. The fourth-order valence-corrected chi connectivity index (χ4v) is 5.19. The van der Waals surface area contributed by atoms with Crippen molar-refractivity contribution in [1.82, 2.24) is 14.5 Å². The lowest BCUT2D eigenvalue weighted by atomic mass is 9.75. The number of nitrogens with zero attached hydrogens (tertiary/aromatic N) is 3. The maximum atomic E-state index is 12.6. The molecule has 0 unspecified atom stereocenters. The van der Waals surface area contributed by atoms with E-state index in [-0.39, 0.29) is 6.03 Å². The molecule has 27 heavy (non-hydrogen) atoms. The van der Waals surface area contributed by atoms with Crippen LogP contribution in [0.4, 0.5) is 4.79 Å². The van der Waals surface area contributed by atoms with Crippen molar-refractivity contribution in [3.8, 4) is 0 Å². The lowest BCUT2D eigenvalue weighted by molar-refractivity contribution is 0.124. The average Bonchev–Trinajstić information content (AvgIpc) is 3.02. The molecule has 2 amide bonds. The second kappa shape index (κ2) is 7.55. The number of hydrogen-bond donors (Lipinski definition) is 1. The minimum absolute atomic E-state index is 0.0295. The highest BCUT2D eigenvalue weighted by molar-refractivity contribution is 5.92. The fraction of sp³-hybridized carbons (Fsp3) is 0.591. The number of carbonyl (C=O) groups excluding carboxylic acids is 1. The summed E-state index contributed by atoms with van der Waals surface area (Å²) in [4.78, 5) is 17.1. The molecule has 1 aromatic carbocycles. The number of benzene rings is 1. The number of piperidine rings is 1. The molecule has 1 saturated heterocycles. The van der Waals surface area contributed by atoms with Gasteiger partial charge in [0, 0.05) is 36.6 Å². The number of rotatable bonds is 5. The van der Waals surface area contributed by atoms with Gasteiger partial charge in [-0.15, -0.1) is 0 Å². The Hall–Kier alpha value is -2.01. The lowest BCUT2D eigenvalue weighted by Crippen LogP contribution is -2.46. The van der Waals surface area contributed by atoms with Crippen molar-refractivity contribution in [3.05, 3.63) is 35.5 Å². The molecule has 0 radical (unpaired) electrons. The van der Waals surface area contributed by atoms with Gasteiger partial charge in [0.15, 0.2) is 0 Å². The van der Waals surface area contributed by atoms with Gasteiger partial charge in [-0.05, 0) is 69.8 Å². The summed E-state index contributed by atoms with van der Waals surface area (Å²) in [6, 6.07) is 7.18. The topological polar surface area (TPSA) is 40.5 Å². The van der Waals surface area contributed by atoms with Crippen molar-refractivity contribution >= 4 is 16.9 Å². The lowest BCUT2D eigenvalue weighted by Gasteiger charge is -2.44. The maximum Gasteiger partial charge on any atom is 0.336 e. The maximum absolute atomic E-state index is 12.6. The van der Waals surface area contributed by atoms with Crippen molar-refractivity contribution < 1.29 is 4.79 Å². The van der Waals surface area contributed by atoms with Crippen LogP contribution in [-0.2, 0) is 6.42 Å². The number of urea groups is 1. The summed E-state index contributed by atoms with van der Waals surface area (Å²) in [5, 5.41) is 1.37. The first-order chi connectivity index (χ1) is 13.2. The number of amides is 2. The van der Waals surface area contributed by atoms with E-state index in [1.165, 1.54) is 48.9 Å². The molecule has 4 rings (SSSR count). The summed E-state index contributed by atoms with van der Waals surface area (Å²) in [5.74, 6) is 0.621. The van der Waals surface area contributed by atoms with Crippen LogP contribution in [0.2, 0.25) is 0 Å². The second-order valence-corrected chi connectivity index (χ2v) is 7.91. The Morgan fingerprint density at radius 3 is 2.81 bits per heavy atom. The van der Waals surface area contributed by atoms with Crippen LogP contribution in [0.5, 0.6) is 0 Å². The molecule has 5 heteroatoms. The molecular weight excluding hydrogens is 336 g/mol. The van der Waals surface area contributed by atoms with E-state index in [9.17, 15) is 4.79 Å². The van der Waals surface area contributed by atoms with Crippen LogP contribution in [0.3, 0.4) is 0 Å². The van der Waals surface area contributed by atoms with Crippen LogP contribution >= 0.6 is 0 Å². The average molecular weight is 369 g/mol. The summed E-state index contributed by atoms with van der Waals surface area (Å²) < 4.78 is 1.95. The molecule has 2 aliphatic rings. The molecule has 2 atom stereocenters. The van der Waals surface area contributed by atoms with Gasteiger partial charge in [0.1, 0.15) is 0 Å². The number of aromatic nitrogens is 1. The van der Waals surface area contributed by atoms with Crippen molar-refractivity contribution in [3.63, 3.8) is 0 Å². The van der Waals surface area contributed by atoms with E-state index in [0.29, 0.717) is 12.0 Å². The summed E-state index contributed by atoms with van der Waals surface area (Å²) in [6.07, 6.45) is 7.02. The van der Waals surface area contributed by atoms with E-state index < -0.39 is 0 Å². The van der Waals surface area contributed by atoms with E-state index in [1.807, 2.05) is 23.4 Å². The normalized spacial score (nSPS) is 21.9. The van der Waals surface area contributed by atoms with Gasteiger partial charge in [-0.2, -0.15) is 0 Å². The highest BCUT2D eigenvalue weighted by Crippen LogP contribution is 2.43. The Morgan fingerprint density at radius 2 is 2.07 bits per heavy atom. The standard InChI is InChI=1S/C22H32N4O/c1-4-12-25-13-8-10-17-18-9-7-11-19-21(18)16(14-20(17)25)15-26(19)23-22(27)24(5-2)6-3/h7,9,11,15,17,20H,4-6,8,10,12-14H2,1-3H3,(H,23,27)/t17-,20-/m1/s1. The van der Waals surface area contributed by atoms with E-state index in [2.05, 4.69) is 41.6 Å². The molecular formula is C22H32N4O. The van der Waals surface area contributed by atoms with Gasteiger partial charge >= 0.3 is 6.03 Å². The van der Waals surface area contributed by atoms with Gasteiger partial charge in [0.25, 0.3) is 0 Å². The molecule has 0 spiro atoms. The largest absolute Gasteiger partial charge is 0.336 e. The molecule has 146 valence electrons. The third kappa shape index (κ3) is 3.12. The van der Waals surface area contributed by atoms with Crippen LogP contribution in [0.1, 0.15) is 57.1 Å². The minimum atomic E-state index is -0.0295. The van der Waals surface area contributed by atoms with Crippen molar-refractivity contribution in [1.29, 1.82) is 0 Å². The van der Waals surface area contributed by atoms with Crippen molar-refractivity contribution in [2.24, 2.45) is 0 Å². The third-order valence-electron chi connectivity index (χ3n) is 6.44. The SMILES string of the molecule is CCCN1CCC[C@@H]2c3cccc4c3c(cn4NC(=O)N(CC)CC)C[C@H]21. The molecule has 5 nitrogen and oxygen atoms in total. The number of fused-ring (bicyclic) bond motifs is 2. The van der Waals surface area contributed by atoms with E-state index in [0.717, 1.165) is 25.0 Å². The Kier molecular flexibility index (Phi) is 5.13. The summed E-state index contributed by atoms with van der Waals surface area (Å²) in [7, 11) is 0. The van der Waals surface area contributed by atoms with Crippen LogP contribution in [0.25, 0.3) is 10.9 Å². The monoisotopic (exact) mass is 368 g/mol. The first-order valence-electron chi connectivity index (χ1n) is 10.6. The summed E-state index contributed by atoms with van der Waals surface area (Å²) in [5.41, 5.74) is 7.10. The quantitative estimate of drug-likeness (QED) is 0.861. The predicted molar refractivity (Wildman–Crippen MR) is 111 cm³/mol. The van der Waals surface area contributed by atoms with E-state index >= 15 is 0 Å². The molecule has 1 aliphatic carbocycles. The molecule has 0 bridgehead atoms. The number of carbonyl (C=O) groups is 1. The molecule has 1 fully saturated rings. The van der Waals surface area contributed by atoms with Gasteiger partial charge in [-0.25, -0.2) is 10.2 Å². The molecule has 2 heterocycles. The van der Waals surface area contributed by atoms with Gasteiger partial charge in [-0.3, -0.25) is 9.58 Å². The first-order valence-corrected chi connectivity index (χ1v) is 10.6. The zero-order valence-electron chi connectivity index (χ0n) is 16.9. The molecule has 1 N–H and O–H groups in total. The van der Waals surface area contributed by atoms with Crippen LogP contribution in [0, 0.1) is 0 Å². The Balaban J connectivity index is 1.71. The zero-order chi connectivity index (χ0) is 19.0. The van der Waals surface area contributed by atoms with Crippen molar-refractivity contribution in [2.45, 2.75) is 58.4 Å². The second-order valence-electron chi connectivity index (χ2n) is 7.91. The summed E-state index contributed by atoms with van der Waals surface area (Å²) >= 11 is 0. The first kappa shape index (κ1) is 18.4. The third-order valence-corrected chi connectivity index (χ3v) is 6.44. The number of likely N-dealkylation sites (tertiary alicyclic amines) is 1. The van der Waals surface area contributed by atoms with Crippen LogP contribution in [0.15, 0.2) is 24.4 Å². The molecule has 1 aliphatic heterocycles. The summed E-state index contributed by atoms with van der Waals surface area (Å²) in [6.45, 7) is 10.2.